The van der Waals surface area contributed by atoms with E-state index < -0.39 is 35.6 Å². The van der Waals surface area contributed by atoms with Crippen molar-refractivity contribution in [3.8, 4) is 0 Å². The number of carbonyl (C=O) groups excluding carboxylic acids is 1. The van der Waals surface area contributed by atoms with E-state index in [-0.39, 0.29) is 17.1 Å². The third-order valence-electron chi connectivity index (χ3n) is 10.7. The second-order valence-corrected chi connectivity index (χ2v) is 13.4. The maximum Gasteiger partial charge on any atom is 0.573 e. The second kappa shape index (κ2) is 11.1. The van der Waals surface area contributed by atoms with Gasteiger partial charge in [0.1, 0.15) is 6.10 Å². The van der Waals surface area contributed by atoms with E-state index in [1.165, 1.54) is 36.9 Å². The summed E-state index contributed by atoms with van der Waals surface area (Å²) in [6.07, 6.45) is 4.44. The molecule has 2 heterocycles. The van der Waals surface area contributed by atoms with Crippen LogP contribution in [0.5, 0.6) is 0 Å². The number of likely N-dealkylation sites (tertiary alicyclic amines) is 1. The number of benzene rings is 1. The van der Waals surface area contributed by atoms with Gasteiger partial charge in [-0.2, -0.15) is 0 Å². The second-order valence-electron chi connectivity index (χ2n) is 13.4. The lowest BCUT2D eigenvalue weighted by Gasteiger charge is -2.63. The number of aliphatic hydroxyl groups excluding tert-OH is 1. The van der Waals surface area contributed by atoms with Crippen LogP contribution in [0, 0.1) is 17.3 Å². The Morgan fingerprint density at radius 2 is 2.02 bits per heavy atom. The molecule has 1 aromatic carbocycles. The predicted octanol–water partition coefficient (Wildman–Crippen LogP) is 6.16. The minimum atomic E-state index is -5.22. The van der Waals surface area contributed by atoms with Gasteiger partial charge in [0.15, 0.2) is 11.5 Å². The summed E-state index contributed by atoms with van der Waals surface area (Å²) in [6.45, 7) is 11.6. The molecule has 6 rings (SSSR count). The number of nitrogens with one attached hydrogen (secondary N) is 1. The number of carbonyl (C=O) groups is 1. The Balaban J connectivity index is 1.40. The molecule has 3 unspecified atom stereocenters. The normalized spacial score (nSPS) is 36.1. The number of halogens is 3. The van der Waals surface area contributed by atoms with Crippen LogP contribution in [-0.2, 0) is 19.0 Å². The first-order chi connectivity index (χ1) is 20.9. The number of piperidine rings is 1. The van der Waals surface area contributed by atoms with E-state index in [4.69, 9.17) is 9.47 Å². The SMILES string of the molecule is C=CC[N+]1(CC(C)C)CC[C@]23C4=C5C=CC(NC(=O)C(OC(F)(F)F)=C(O)c6ccccc6)(OC)C4O[C@H]2CCC[C@H]3[C@H]1C5. The van der Waals surface area contributed by atoms with Crippen molar-refractivity contribution in [1.82, 2.24) is 5.32 Å². The van der Waals surface area contributed by atoms with Crippen LogP contribution in [-0.4, -0.2) is 72.6 Å². The van der Waals surface area contributed by atoms with Crippen LogP contribution in [0.15, 0.2) is 72.0 Å². The number of methoxy groups -OCH3 is 1. The number of rotatable bonds is 9. The molecule has 1 aromatic rings. The smallest absolute Gasteiger partial charge is 0.504 e. The maximum absolute atomic E-state index is 13.7. The van der Waals surface area contributed by atoms with Crippen LogP contribution in [0.3, 0.4) is 0 Å². The molecule has 2 saturated heterocycles. The van der Waals surface area contributed by atoms with Crippen LogP contribution in [0.4, 0.5) is 13.2 Å². The van der Waals surface area contributed by atoms with Gasteiger partial charge < -0.3 is 29.1 Å². The molecule has 3 fully saturated rings. The van der Waals surface area contributed by atoms with Crippen LogP contribution in [0.2, 0.25) is 0 Å². The molecular formula is C34H42F3N2O5+. The molecule has 3 aliphatic carbocycles. The zero-order chi connectivity index (χ0) is 31.5. The quantitative estimate of drug-likeness (QED) is 0.114. The summed E-state index contributed by atoms with van der Waals surface area (Å²) in [5, 5.41) is 13.5. The molecule has 1 saturated carbocycles. The first-order valence-corrected chi connectivity index (χ1v) is 15.6. The van der Waals surface area contributed by atoms with Crippen molar-refractivity contribution in [3.05, 3.63) is 77.6 Å². The lowest BCUT2D eigenvalue weighted by atomic mass is 9.50. The van der Waals surface area contributed by atoms with Crippen molar-refractivity contribution in [2.75, 3.05) is 26.7 Å². The Labute approximate surface area is 256 Å². The zero-order valence-electron chi connectivity index (χ0n) is 25.5. The minimum absolute atomic E-state index is 0.00507. The molecule has 7 nitrogen and oxygen atoms in total. The average Bonchev–Trinajstić information content (AvgIpc) is 3.33. The van der Waals surface area contributed by atoms with Crippen molar-refractivity contribution in [1.29, 1.82) is 0 Å². The maximum atomic E-state index is 13.7. The number of hydrogen-bond acceptors (Lipinski definition) is 5. The Kier molecular flexibility index (Phi) is 7.78. The Bertz CT molecular complexity index is 1400. The highest BCUT2D eigenvalue weighted by Gasteiger charge is 2.71. The van der Waals surface area contributed by atoms with Gasteiger partial charge in [-0.3, -0.25) is 4.79 Å². The van der Waals surface area contributed by atoms with Crippen molar-refractivity contribution in [2.45, 2.75) is 76.3 Å². The van der Waals surface area contributed by atoms with Gasteiger partial charge in [0.05, 0.1) is 31.8 Å². The highest BCUT2D eigenvalue weighted by atomic mass is 19.4. The topological polar surface area (TPSA) is 77.0 Å². The van der Waals surface area contributed by atoms with E-state index >= 15 is 0 Å². The van der Waals surface area contributed by atoms with Crippen molar-refractivity contribution >= 4 is 11.7 Å². The van der Waals surface area contributed by atoms with E-state index in [2.05, 4.69) is 36.6 Å². The summed E-state index contributed by atoms with van der Waals surface area (Å²) < 4.78 is 58.5. The van der Waals surface area contributed by atoms with E-state index in [1.54, 1.807) is 12.1 Å². The van der Waals surface area contributed by atoms with Gasteiger partial charge in [-0.1, -0.05) is 63.3 Å². The zero-order valence-corrected chi connectivity index (χ0v) is 25.5. The van der Waals surface area contributed by atoms with Gasteiger partial charge in [0.25, 0.3) is 5.91 Å². The molecule has 2 aliphatic heterocycles. The molecule has 0 aromatic heterocycles. The number of alkyl halides is 3. The van der Waals surface area contributed by atoms with E-state index in [1.807, 2.05) is 6.08 Å². The van der Waals surface area contributed by atoms with E-state index in [0.29, 0.717) is 17.9 Å². The molecule has 5 aliphatic rings. The summed E-state index contributed by atoms with van der Waals surface area (Å²) in [6, 6.07) is 7.91. The third-order valence-corrected chi connectivity index (χ3v) is 10.7. The summed E-state index contributed by atoms with van der Waals surface area (Å²) in [4.78, 5) is 13.7. The molecule has 2 bridgehead atoms. The van der Waals surface area contributed by atoms with Gasteiger partial charge in [-0.25, -0.2) is 0 Å². The molecule has 1 amide bonds. The summed E-state index contributed by atoms with van der Waals surface area (Å²) in [5.41, 5.74) is 0.466. The largest absolute Gasteiger partial charge is 0.573 e. The molecule has 2 N–H and O–H groups in total. The fourth-order valence-corrected chi connectivity index (χ4v) is 9.34. The standard InChI is InChI=1S/C34H41F3N2O5/c1-5-17-39(20-21(2)3)18-16-32-24-12-9-13-26(32)43-30-27(32)23(19-25(24)39)14-15-33(30,42-4)38-31(41)29(44-34(35,36)37)28(40)22-10-7-6-8-11-22/h5-8,10-11,14-15,21,24-26,30H,1,9,12-13,16-20H2,2-4H3,(H-,38,40,41)/p+1/t24-,25+,26-,30?,32+,33?,39?/m0/s1. The van der Waals surface area contributed by atoms with Crippen molar-refractivity contribution in [3.63, 3.8) is 0 Å². The average molecular weight is 616 g/mol. The number of hydrogen-bond donors (Lipinski definition) is 2. The fourth-order valence-electron chi connectivity index (χ4n) is 9.34. The third kappa shape index (κ3) is 4.81. The van der Waals surface area contributed by atoms with Gasteiger partial charge in [0, 0.05) is 42.8 Å². The minimum Gasteiger partial charge on any atom is -0.504 e. The summed E-state index contributed by atoms with van der Waals surface area (Å²) >= 11 is 0. The number of quaternary nitrogens is 1. The first kappa shape index (κ1) is 30.9. The van der Waals surface area contributed by atoms with Crippen molar-refractivity contribution in [2.24, 2.45) is 17.3 Å². The molecule has 44 heavy (non-hydrogen) atoms. The lowest BCUT2D eigenvalue weighted by Crippen LogP contribution is -2.71. The van der Waals surface area contributed by atoms with Crippen LogP contribution < -0.4 is 5.32 Å². The van der Waals surface area contributed by atoms with Crippen LogP contribution in [0.1, 0.15) is 51.5 Å². The fraction of sp³-hybridized carbons (Fsp3) is 0.559. The van der Waals surface area contributed by atoms with Crippen LogP contribution in [0.25, 0.3) is 5.76 Å². The molecular weight excluding hydrogens is 573 g/mol. The Morgan fingerprint density at radius 1 is 1.27 bits per heavy atom. The van der Waals surface area contributed by atoms with Gasteiger partial charge in [0.2, 0.25) is 5.76 Å². The summed E-state index contributed by atoms with van der Waals surface area (Å²) in [5.74, 6) is -2.55. The number of allylic oxidation sites excluding steroid dienone is 1. The predicted molar refractivity (Wildman–Crippen MR) is 159 cm³/mol. The molecule has 1 spiro atoms. The Morgan fingerprint density at radius 3 is 2.68 bits per heavy atom. The highest BCUT2D eigenvalue weighted by molar-refractivity contribution is 5.98. The van der Waals surface area contributed by atoms with Crippen LogP contribution >= 0.6 is 0 Å². The van der Waals surface area contributed by atoms with Gasteiger partial charge in [-0.15, -0.1) is 13.2 Å². The van der Waals surface area contributed by atoms with Crippen molar-refractivity contribution < 1.29 is 41.8 Å². The lowest BCUT2D eigenvalue weighted by molar-refractivity contribution is -0.960. The first-order valence-electron chi connectivity index (χ1n) is 15.6. The van der Waals surface area contributed by atoms with Gasteiger partial charge in [-0.05, 0) is 36.1 Å². The molecule has 10 heteroatoms. The number of aliphatic hydroxyl groups is 1. The van der Waals surface area contributed by atoms with E-state index in [9.17, 15) is 23.1 Å². The monoisotopic (exact) mass is 615 g/mol. The molecule has 0 radical (unpaired) electrons. The summed E-state index contributed by atoms with van der Waals surface area (Å²) in [7, 11) is 1.41. The highest BCUT2D eigenvalue weighted by Crippen LogP contribution is 2.67. The number of nitrogens with zero attached hydrogens (tertiary/aromatic N) is 1. The molecule has 238 valence electrons. The number of amides is 1. The van der Waals surface area contributed by atoms with Gasteiger partial charge >= 0.3 is 6.36 Å². The Hall–Kier alpha value is -3.08. The van der Waals surface area contributed by atoms with E-state index in [0.717, 1.165) is 61.8 Å². The number of ether oxygens (including phenoxy) is 3. The molecule has 7 atom stereocenters.